The summed E-state index contributed by atoms with van der Waals surface area (Å²) < 4.78 is 17.2. The predicted molar refractivity (Wildman–Crippen MR) is 129 cm³/mol. The van der Waals surface area contributed by atoms with E-state index in [1.807, 2.05) is 54.6 Å². The van der Waals surface area contributed by atoms with Crippen molar-refractivity contribution in [3.05, 3.63) is 86.8 Å². The third-order valence-corrected chi connectivity index (χ3v) is 5.47. The zero-order chi connectivity index (χ0) is 22.9. The fourth-order valence-corrected chi connectivity index (χ4v) is 3.63. The molecule has 0 atom stereocenters. The molecule has 0 aliphatic rings. The van der Waals surface area contributed by atoms with Gasteiger partial charge in [-0.25, -0.2) is 5.43 Å². The monoisotopic (exact) mass is 516 g/mol. The maximum atomic E-state index is 12.1. The Morgan fingerprint density at radius 2 is 1.84 bits per heavy atom. The number of nitrogens with one attached hydrogen (secondary N) is 1. The van der Waals surface area contributed by atoms with E-state index in [1.54, 1.807) is 20.3 Å². The van der Waals surface area contributed by atoms with Crippen molar-refractivity contribution >= 4 is 39.7 Å². The van der Waals surface area contributed by atoms with Crippen molar-refractivity contribution in [3.8, 4) is 17.2 Å². The normalized spacial score (nSPS) is 10.8. The lowest BCUT2D eigenvalue weighted by Gasteiger charge is -2.14. The van der Waals surface area contributed by atoms with Crippen LogP contribution in [0.3, 0.4) is 0 Å². The Hall–Kier alpha value is -3.03. The van der Waals surface area contributed by atoms with E-state index in [4.69, 9.17) is 25.8 Å². The Bertz CT molecular complexity index is 1100. The van der Waals surface area contributed by atoms with E-state index in [0.29, 0.717) is 27.6 Å². The van der Waals surface area contributed by atoms with Gasteiger partial charge in [0.2, 0.25) is 5.91 Å². The summed E-state index contributed by atoms with van der Waals surface area (Å²) in [5, 5.41) is 4.67. The number of benzene rings is 3. The van der Waals surface area contributed by atoms with Crippen LogP contribution in [0.4, 0.5) is 0 Å². The first kappa shape index (κ1) is 23.6. The second kappa shape index (κ2) is 11.5. The predicted octanol–water partition coefficient (Wildman–Crippen LogP) is 5.39. The number of ether oxygens (including phenoxy) is 3. The molecule has 0 bridgehead atoms. The molecular weight excluding hydrogens is 496 g/mol. The minimum absolute atomic E-state index is 0.211. The van der Waals surface area contributed by atoms with Crippen LogP contribution in [0, 0.1) is 0 Å². The highest BCUT2D eigenvalue weighted by atomic mass is 79.9. The van der Waals surface area contributed by atoms with E-state index < -0.39 is 0 Å². The second-order valence-electron chi connectivity index (χ2n) is 6.73. The molecule has 0 radical (unpaired) electrons. The summed E-state index contributed by atoms with van der Waals surface area (Å²) in [6, 6.07) is 18.4. The van der Waals surface area contributed by atoms with Gasteiger partial charge in [0.15, 0.2) is 11.5 Å². The van der Waals surface area contributed by atoms with Gasteiger partial charge >= 0.3 is 0 Å². The molecule has 3 aromatic carbocycles. The first-order valence-corrected chi connectivity index (χ1v) is 10.9. The molecule has 166 valence electrons. The lowest BCUT2D eigenvalue weighted by molar-refractivity contribution is -0.120. The van der Waals surface area contributed by atoms with Gasteiger partial charge < -0.3 is 14.2 Å². The van der Waals surface area contributed by atoms with Crippen LogP contribution < -0.4 is 19.6 Å². The van der Waals surface area contributed by atoms with Gasteiger partial charge in [-0.2, -0.15) is 5.10 Å². The first-order chi connectivity index (χ1) is 15.5. The molecule has 8 heteroatoms. The standard InChI is InChI=1S/C24H22BrClN2O4/c1-30-19-9-7-16(8-10-19)13-23(29)28-27-14-17-11-20(25)24(22(12-17)31-2)32-15-18-5-3-4-6-21(18)26/h3-12,14H,13,15H2,1-2H3,(H,28,29)/b27-14-. The van der Waals surface area contributed by atoms with E-state index >= 15 is 0 Å². The Labute approximate surface area is 200 Å². The average molecular weight is 518 g/mol. The molecule has 3 rings (SSSR count). The highest BCUT2D eigenvalue weighted by Gasteiger charge is 2.12. The van der Waals surface area contributed by atoms with Crippen LogP contribution in [-0.4, -0.2) is 26.3 Å². The van der Waals surface area contributed by atoms with Crippen LogP contribution in [0.1, 0.15) is 16.7 Å². The van der Waals surface area contributed by atoms with E-state index in [0.717, 1.165) is 22.4 Å². The number of methoxy groups -OCH3 is 2. The van der Waals surface area contributed by atoms with Crippen LogP contribution in [0.25, 0.3) is 0 Å². The summed E-state index contributed by atoms with van der Waals surface area (Å²) in [6.07, 6.45) is 1.75. The molecular formula is C24H22BrClN2O4. The van der Waals surface area contributed by atoms with Gasteiger partial charge in [-0.15, -0.1) is 0 Å². The average Bonchev–Trinajstić information content (AvgIpc) is 2.79. The van der Waals surface area contributed by atoms with E-state index in [-0.39, 0.29) is 12.3 Å². The molecule has 0 unspecified atom stereocenters. The summed E-state index contributed by atoms with van der Waals surface area (Å²) >= 11 is 9.71. The van der Waals surface area contributed by atoms with Crippen molar-refractivity contribution in [2.75, 3.05) is 14.2 Å². The van der Waals surface area contributed by atoms with Crippen LogP contribution in [0.15, 0.2) is 70.2 Å². The Morgan fingerprint density at radius 1 is 1.09 bits per heavy atom. The first-order valence-electron chi connectivity index (χ1n) is 9.68. The summed E-state index contributed by atoms with van der Waals surface area (Å²) in [4.78, 5) is 12.1. The molecule has 0 aromatic heterocycles. The molecule has 0 saturated carbocycles. The van der Waals surface area contributed by atoms with E-state index in [9.17, 15) is 4.79 Å². The second-order valence-corrected chi connectivity index (χ2v) is 7.99. The summed E-state index contributed by atoms with van der Waals surface area (Å²) in [5.74, 6) is 1.59. The number of halogens is 2. The van der Waals surface area contributed by atoms with Crippen molar-refractivity contribution < 1.29 is 19.0 Å². The minimum atomic E-state index is -0.225. The summed E-state index contributed by atoms with van der Waals surface area (Å²) in [6.45, 7) is 0.295. The molecule has 1 amide bonds. The zero-order valence-corrected chi connectivity index (χ0v) is 19.9. The molecule has 32 heavy (non-hydrogen) atoms. The third-order valence-electron chi connectivity index (χ3n) is 4.51. The number of hydrazone groups is 1. The fourth-order valence-electron chi connectivity index (χ4n) is 2.87. The molecule has 0 aliphatic carbocycles. The van der Waals surface area contributed by atoms with Gasteiger partial charge in [0.05, 0.1) is 31.3 Å². The maximum Gasteiger partial charge on any atom is 0.244 e. The molecule has 0 spiro atoms. The van der Waals surface area contributed by atoms with Gasteiger partial charge in [-0.05, 0) is 57.4 Å². The van der Waals surface area contributed by atoms with Crippen LogP contribution in [0.2, 0.25) is 5.02 Å². The number of rotatable bonds is 9. The minimum Gasteiger partial charge on any atom is -0.497 e. The maximum absolute atomic E-state index is 12.1. The number of hydrogen-bond donors (Lipinski definition) is 1. The van der Waals surface area contributed by atoms with Crippen molar-refractivity contribution in [1.29, 1.82) is 0 Å². The molecule has 0 saturated heterocycles. The van der Waals surface area contributed by atoms with Crippen molar-refractivity contribution in [3.63, 3.8) is 0 Å². The zero-order valence-electron chi connectivity index (χ0n) is 17.6. The smallest absolute Gasteiger partial charge is 0.244 e. The van der Waals surface area contributed by atoms with E-state index in [1.165, 1.54) is 6.21 Å². The summed E-state index contributed by atoms with van der Waals surface area (Å²) in [5.41, 5.74) is 4.99. The molecule has 0 aliphatic heterocycles. The fraction of sp³-hybridized carbons (Fsp3) is 0.167. The highest BCUT2D eigenvalue weighted by molar-refractivity contribution is 9.10. The quantitative estimate of drug-likeness (QED) is 0.305. The SMILES string of the molecule is COc1ccc(CC(=O)N/N=C\c2cc(Br)c(OCc3ccccc3Cl)c(OC)c2)cc1. The summed E-state index contributed by atoms with van der Waals surface area (Å²) in [7, 11) is 3.16. The number of carbonyl (C=O) groups excluding carboxylic acids is 1. The van der Waals surface area contributed by atoms with Crippen molar-refractivity contribution in [1.82, 2.24) is 5.43 Å². The highest BCUT2D eigenvalue weighted by Crippen LogP contribution is 2.37. The topological polar surface area (TPSA) is 69.2 Å². The van der Waals surface area contributed by atoms with Gasteiger partial charge in [0, 0.05) is 10.6 Å². The van der Waals surface area contributed by atoms with Gasteiger partial charge in [-0.3, -0.25) is 4.79 Å². The molecule has 3 aromatic rings. The Kier molecular flexibility index (Phi) is 8.53. The van der Waals surface area contributed by atoms with E-state index in [2.05, 4.69) is 26.5 Å². The lowest BCUT2D eigenvalue weighted by atomic mass is 10.1. The van der Waals surface area contributed by atoms with Crippen molar-refractivity contribution in [2.24, 2.45) is 5.10 Å². The molecule has 0 heterocycles. The van der Waals surface area contributed by atoms with Crippen LogP contribution in [0.5, 0.6) is 17.2 Å². The Balaban J connectivity index is 1.62. The van der Waals surface area contributed by atoms with Crippen molar-refractivity contribution in [2.45, 2.75) is 13.0 Å². The Morgan fingerprint density at radius 3 is 2.53 bits per heavy atom. The number of nitrogens with zero attached hydrogens (tertiary/aromatic N) is 1. The molecule has 0 fully saturated rings. The van der Waals surface area contributed by atoms with Crippen LogP contribution in [-0.2, 0) is 17.8 Å². The van der Waals surface area contributed by atoms with Gasteiger partial charge in [-0.1, -0.05) is 41.9 Å². The number of hydrogen-bond acceptors (Lipinski definition) is 5. The molecule has 1 N–H and O–H groups in total. The van der Waals surface area contributed by atoms with Crippen LogP contribution >= 0.6 is 27.5 Å². The third kappa shape index (κ3) is 6.48. The largest absolute Gasteiger partial charge is 0.497 e. The molecule has 6 nitrogen and oxygen atoms in total. The van der Waals surface area contributed by atoms with Gasteiger partial charge in [0.25, 0.3) is 0 Å². The lowest BCUT2D eigenvalue weighted by Crippen LogP contribution is -2.19. The number of amides is 1. The van der Waals surface area contributed by atoms with Gasteiger partial charge in [0.1, 0.15) is 12.4 Å². The number of carbonyl (C=O) groups is 1.